The molecular weight excluding hydrogens is 687 g/mol. The summed E-state index contributed by atoms with van der Waals surface area (Å²) in [4.78, 5) is 2.50. The molecule has 0 aliphatic heterocycles. The Balaban J connectivity index is 1.04. The number of benzene rings is 8. The topological polar surface area (TPSA) is 3.24 Å². The van der Waals surface area contributed by atoms with Crippen molar-refractivity contribution in [1.82, 2.24) is 0 Å². The minimum absolute atomic E-state index is 0.0905. The van der Waals surface area contributed by atoms with Gasteiger partial charge in [0.15, 0.2) is 0 Å². The van der Waals surface area contributed by atoms with Crippen LogP contribution in [0.15, 0.2) is 158 Å². The highest BCUT2D eigenvalue weighted by Crippen LogP contribution is 2.55. The first-order valence-electron chi connectivity index (χ1n) is 20.5. The summed E-state index contributed by atoms with van der Waals surface area (Å²) < 4.78 is 0. The summed E-state index contributed by atoms with van der Waals surface area (Å²) in [6.07, 6.45) is 11.4. The Labute approximate surface area is 336 Å². The Morgan fingerprint density at radius 3 is 1.98 bits per heavy atom. The lowest BCUT2D eigenvalue weighted by Crippen LogP contribution is -2.17. The van der Waals surface area contributed by atoms with E-state index in [1.807, 2.05) is 0 Å². The standard InChI is InChI=1S/C56H45N/c1-55(2)48-20-10-8-18-46(48)54-49(55)21-12-22-51(54)57(42-33-34-45-44-17-7-9-19-47(44)56(3,4)50(45)35-42)41-31-24-36(25-32-41)23-26-38-14-11-15-39-29-30-40-28-27-37-13-5-6-16-43(37)53(40)52(38)39/h5,7-15,17-35H,6,16H2,1-4H3. The van der Waals surface area contributed by atoms with Crippen LogP contribution in [0.1, 0.15) is 78.6 Å². The molecule has 3 aliphatic rings. The van der Waals surface area contributed by atoms with E-state index >= 15 is 0 Å². The van der Waals surface area contributed by atoms with E-state index in [2.05, 4.69) is 209 Å². The van der Waals surface area contributed by atoms with E-state index in [4.69, 9.17) is 0 Å². The predicted octanol–water partition coefficient (Wildman–Crippen LogP) is 15.2. The van der Waals surface area contributed by atoms with Crippen LogP contribution in [0.3, 0.4) is 0 Å². The number of fused-ring (bicyclic) bond motifs is 11. The van der Waals surface area contributed by atoms with Gasteiger partial charge in [-0.25, -0.2) is 0 Å². The van der Waals surface area contributed by atoms with Crippen molar-refractivity contribution in [2.45, 2.75) is 51.4 Å². The number of hydrogen-bond acceptors (Lipinski definition) is 1. The maximum Gasteiger partial charge on any atom is 0.0543 e. The van der Waals surface area contributed by atoms with E-state index in [1.54, 1.807) is 0 Å². The molecule has 0 amide bonds. The van der Waals surface area contributed by atoms with Crippen molar-refractivity contribution in [3.8, 4) is 22.3 Å². The molecule has 0 fully saturated rings. The molecule has 0 spiro atoms. The highest BCUT2D eigenvalue weighted by Gasteiger charge is 2.39. The molecule has 1 nitrogen and oxygen atoms in total. The number of allylic oxidation sites excluding steroid dienone is 1. The van der Waals surface area contributed by atoms with Crippen LogP contribution in [0.5, 0.6) is 0 Å². The fourth-order valence-corrected chi connectivity index (χ4v) is 10.4. The molecule has 57 heavy (non-hydrogen) atoms. The molecule has 274 valence electrons. The van der Waals surface area contributed by atoms with Gasteiger partial charge in [-0.3, -0.25) is 0 Å². The minimum atomic E-state index is -0.0988. The maximum atomic E-state index is 2.50. The molecule has 11 rings (SSSR count). The summed E-state index contributed by atoms with van der Waals surface area (Å²) in [7, 11) is 0. The summed E-state index contributed by atoms with van der Waals surface area (Å²) in [6.45, 7) is 9.48. The average Bonchev–Trinajstić information content (AvgIpc) is 3.63. The van der Waals surface area contributed by atoms with Crippen molar-refractivity contribution in [3.63, 3.8) is 0 Å². The van der Waals surface area contributed by atoms with Crippen molar-refractivity contribution >= 4 is 56.8 Å². The third kappa shape index (κ3) is 5.08. The van der Waals surface area contributed by atoms with Gasteiger partial charge in [-0.15, -0.1) is 0 Å². The summed E-state index contributed by atoms with van der Waals surface area (Å²) in [5, 5.41) is 5.36. The lowest BCUT2D eigenvalue weighted by atomic mass is 9.82. The monoisotopic (exact) mass is 731 g/mol. The van der Waals surface area contributed by atoms with Crippen LogP contribution >= 0.6 is 0 Å². The first-order chi connectivity index (χ1) is 27.8. The van der Waals surface area contributed by atoms with Crippen LogP contribution in [-0.4, -0.2) is 0 Å². The second-order valence-corrected chi connectivity index (χ2v) is 17.2. The molecule has 1 heteroatoms. The Morgan fingerprint density at radius 2 is 1.16 bits per heavy atom. The number of aryl methyl sites for hydroxylation is 1. The fourth-order valence-electron chi connectivity index (χ4n) is 10.4. The Hall–Kier alpha value is -6.44. The SMILES string of the molecule is CC1(C)c2ccccc2-c2ccc(N(c3ccc(C=Cc4cccc5ccc6ccc7c(c6c45)CCC=C7)cc3)c3cccc4c3-c3ccccc3C4(C)C)cc21. The van der Waals surface area contributed by atoms with Crippen LogP contribution < -0.4 is 4.90 Å². The van der Waals surface area contributed by atoms with Crippen molar-refractivity contribution in [1.29, 1.82) is 0 Å². The largest absolute Gasteiger partial charge is 0.310 e. The molecule has 0 N–H and O–H groups in total. The highest BCUT2D eigenvalue weighted by molar-refractivity contribution is 6.14. The van der Waals surface area contributed by atoms with Gasteiger partial charge in [0, 0.05) is 27.8 Å². The van der Waals surface area contributed by atoms with Crippen molar-refractivity contribution in [2.24, 2.45) is 0 Å². The van der Waals surface area contributed by atoms with Gasteiger partial charge in [0.05, 0.1) is 5.69 Å². The average molecular weight is 732 g/mol. The first-order valence-corrected chi connectivity index (χ1v) is 20.5. The van der Waals surface area contributed by atoms with Crippen molar-refractivity contribution < 1.29 is 0 Å². The van der Waals surface area contributed by atoms with Gasteiger partial charge >= 0.3 is 0 Å². The van der Waals surface area contributed by atoms with Crippen LogP contribution in [0.2, 0.25) is 0 Å². The second kappa shape index (κ2) is 12.5. The van der Waals surface area contributed by atoms with Gasteiger partial charge in [-0.1, -0.05) is 173 Å². The molecule has 0 atom stereocenters. The minimum Gasteiger partial charge on any atom is -0.310 e. The Kier molecular flexibility index (Phi) is 7.45. The molecule has 0 radical (unpaired) electrons. The van der Waals surface area contributed by atoms with E-state index < -0.39 is 0 Å². The first kappa shape index (κ1) is 33.9. The second-order valence-electron chi connectivity index (χ2n) is 17.2. The molecular formula is C56H45N. The van der Waals surface area contributed by atoms with Gasteiger partial charge < -0.3 is 4.90 Å². The van der Waals surface area contributed by atoms with E-state index in [0.29, 0.717) is 0 Å². The normalized spacial score (nSPS) is 15.4. The maximum absolute atomic E-state index is 2.50. The molecule has 0 bridgehead atoms. The number of rotatable bonds is 5. The van der Waals surface area contributed by atoms with Gasteiger partial charge in [-0.05, 0) is 126 Å². The van der Waals surface area contributed by atoms with E-state index in [0.717, 1.165) is 18.5 Å². The van der Waals surface area contributed by atoms with Gasteiger partial charge in [0.25, 0.3) is 0 Å². The third-order valence-electron chi connectivity index (χ3n) is 13.3. The van der Waals surface area contributed by atoms with Crippen molar-refractivity contribution in [3.05, 3.63) is 202 Å². The summed E-state index contributed by atoms with van der Waals surface area (Å²) in [6, 6.07) is 57.0. The number of hydrogen-bond donors (Lipinski definition) is 0. The van der Waals surface area contributed by atoms with E-state index in [-0.39, 0.29) is 10.8 Å². The van der Waals surface area contributed by atoms with Crippen LogP contribution in [0.25, 0.3) is 62.0 Å². The molecule has 0 heterocycles. The van der Waals surface area contributed by atoms with Gasteiger partial charge in [0.2, 0.25) is 0 Å². The van der Waals surface area contributed by atoms with Crippen LogP contribution in [0.4, 0.5) is 17.1 Å². The molecule has 0 saturated heterocycles. The molecule has 0 aromatic heterocycles. The zero-order chi connectivity index (χ0) is 38.5. The van der Waals surface area contributed by atoms with E-state index in [9.17, 15) is 0 Å². The zero-order valence-corrected chi connectivity index (χ0v) is 33.1. The quantitative estimate of drug-likeness (QED) is 0.126. The zero-order valence-electron chi connectivity index (χ0n) is 33.1. The number of anilines is 3. The van der Waals surface area contributed by atoms with Gasteiger partial charge in [0.1, 0.15) is 0 Å². The molecule has 3 aliphatic carbocycles. The van der Waals surface area contributed by atoms with E-state index in [1.165, 1.54) is 99.7 Å². The molecule has 8 aromatic rings. The van der Waals surface area contributed by atoms with Gasteiger partial charge in [-0.2, -0.15) is 0 Å². The smallest absolute Gasteiger partial charge is 0.0543 e. The fraction of sp³-hybridized carbons (Fsp3) is 0.143. The number of nitrogens with zero attached hydrogens (tertiary/aromatic N) is 1. The van der Waals surface area contributed by atoms with Crippen LogP contribution in [0, 0.1) is 0 Å². The summed E-state index contributed by atoms with van der Waals surface area (Å²) in [5.41, 5.74) is 19.5. The lowest BCUT2D eigenvalue weighted by Gasteiger charge is -2.30. The third-order valence-corrected chi connectivity index (χ3v) is 13.3. The van der Waals surface area contributed by atoms with Crippen molar-refractivity contribution in [2.75, 3.05) is 4.90 Å². The highest BCUT2D eigenvalue weighted by atomic mass is 15.1. The van der Waals surface area contributed by atoms with Crippen LogP contribution in [-0.2, 0) is 17.3 Å². The Morgan fingerprint density at radius 1 is 0.509 bits per heavy atom. The lowest BCUT2D eigenvalue weighted by molar-refractivity contribution is 0.660. The predicted molar refractivity (Wildman–Crippen MR) is 244 cm³/mol. The molecule has 0 unspecified atom stereocenters. The summed E-state index contributed by atoms with van der Waals surface area (Å²) >= 11 is 0. The summed E-state index contributed by atoms with van der Waals surface area (Å²) in [5.74, 6) is 0. The molecule has 8 aromatic carbocycles. The Bertz CT molecular complexity index is 3010. The molecule has 0 saturated carbocycles.